The Bertz CT molecular complexity index is 2400. The van der Waals surface area contributed by atoms with E-state index in [1.807, 2.05) is 0 Å². The number of aromatic nitrogens is 2. The van der Waals surface area contributed by atoms with E-state index in [1.165, 1.54) is 71.1 Å². The van der Waals surface area contributed by atoms with Gasteiger partial charge in [0, 0.05) is 33.7 Å². The lowest BCUT2D eigenvalue weighted by atomic mass is 9.92. The Balaban J connectivity index is 1.32. The predicted molar refractivity (Wildman–Crippen MR) is 178 cm³/mol. The van der Waals surface area contributed by atoms with Crippen LogP contribution in [0.1, 0.15) is 0 Å². The average molecular weight is 535 g/mol. The van der Waals surface area contributed by atoms with Crippen molar-refractivity contribution >= 4 is 54.3 Å². The van der Waals surface area contributed by atoms with Crippen molar-refractivity contribution in [1.82, 2.24) is 9.13 Å². The Morgan fingerprint density at radius 3 is 1.81 bits per heavy atom. The van der Waals surface area contributed by atoms with Gasteiger partial charge in [-0.1, -0.05) is 97.1 Å². The van der Waals surface area contributed by atoms with E-state index in [-0.39, 0.29) is 0 Å². The quantitative estimate of drug-likeness (QED) is 0.200. The van der Waals surface area contributed by atoms with E-state index >= 15 is 0 Å². The molecule has 9 aromatic rings. The van der Waals surface area contributed by atoms with Gasteiger partial charge in [0.05, 0.1) is 16.6 Å². The summed E-state index contributed by atoms with van der Waals surface area (Å²) < 4.78 is 4.72. The molecule has 0 fully saturated rings. The number of rotatable bonds is 3. The first-order valence-corrected chi connectivity index (χ1v) is 14.4. The first kappa shape index (κ1) is 23.1. The molecule has 0 spiro atoms. The van der Waals surface area contributed by atoms with E-state index in [2.05, 4.69) is 167 Å². The molecule has 7 aromatic carbocycles. The molecule has 2 heterocycles. The maximum absolute atomic E-state index is 2.43. The lowest BCUT2D eigenvalue weighted by Gasteiger charge is -2.14. The van der Waals surface area contributed by atoms with Crippen molar-refractivity contribution in [2.75, 3.05) is 0 Å². The van der Waals surface area contributed by atoms with Gasteiger partial charge >= 0.3 is 0 Å². The summed E-state index contributed by atoms with van der Waals surface area (Å²) >= 11 is 0. The first-order valence-electron chi connectivity index (χ1n) is 14.4. The van der Waals surface area contributed by atoms with Gasteiger partial charge in [-0.3, -0.25) is 0 Å². The van der Waals surface area contributed by atoms with Crippen LogP contribution in [0.5, 0.6) is 0 Å². The Hall–Kier alpha value is -5.60. The van der Waals surface area contributed by atoms with Crippen molar-refractivity contribution < 1.29 is 0 Å². The fourth-order valence-electron chi connectivity index (χ4n) is 6.81. The zero-order chi connectivity index (χ0) is 27.6. The van der Waals surface area contributed by atoms with Gasteiger partial charge in [-0.25, -0.2) is 0 Å². The molecule has 0 aliphatic carbocycles. The van der Waals surface area contributed by atoms with Crippen molar-refractivity contribution in [3.8, 4) is 22.5 Å². The van der Waals surface area contributed by atoms with Crippen LogP contribution in [0.2, 0.25) is 0 Å². The Morgan fingerprint density at radius 1 is 0.357 bits per heavy atom. The second-order valence-electron chi connectivity index (χ2n) is 11.0. The molecule has 0 unspecified atom stereocenters. The van der Waals surface area contributed by atoms with Gasteiger partial charge in [0.1, 0.15) is 0 Å². The molecule has 196 valence electrons. The van der Waals surface area contributed by atoms with Crippen LogP contribution >= 0.6 is 0 Å². The third-order valence-electron chi connectivity index (χ3n) is 8.68. The number of fused-ring (bicyclic) bond motifs is 6. The van der Waals surface area contributed by atoms with Crippen LogP contribution in [0.25, 0.3) is 76.8 Å². The Kier molecular flexibility index (Phi) is 4.93. The van der Waals surface area contributed by atoms with Crippen LogP contribution in [-0.2, 0) is 0 Å². The van der Waals surface area contributed by atoms with E-state index < -0.39 is 0 Å². The molecule has 9 rings (SSSR count). The number of nitrogens with zero attached hydrogens (tertiary/aromatic N) is 2. The Morgan fingerprint density at radius 2 is 1.02 bits per heavy atom. The van der Waals surface area contributed by atoms with Crippen LogP contribution in [-0.4, -0.2) is 9.13 Å². The van der Waals surface area contributed by atoms with Gasteiger partial charge < -0.3 is 9.13 Å². The molecule has 0 bridgehead atoms. The maximum atomic E-state index is 2.43. The van der Waals surface area contributed by atoms with Crippen molar-refractivity contribution in [2.24, 2.45) is 0 Å². The van der Waals surface area contributed by atoms with Gasteiger partial charge in [-0.05, 0) is 87.3 Å². The molecular formula is C40H26N2. The van der Waals surface area contributed by atoms with E-state index in [0.29, 0.717) is 0 Å². The minimum absolute atomic E-state index is 1.16. The topological polar surface area (TPSA) is 9.86 Å². The molecule has 2 aromatic heterocycles. The van der Waals surface area contributed by atoms with Crippen LogP contribution in [0.15, 0.2) is 158 Å². The summed E-state index contributed by atoms with van der Waals surface area (Å²) in [6.45, 7) is 0. The second kappa shape index (κ2) is 8.95. The highest BCUT2D eigenvalue weighted by Gasteiger charge is 2.16. The molecule has 0 saturated heterocycles. The Labute approximate surface area is 243 Å². The SMILES string of the molecule is c1ccc(-n2ccc3cc4c(cc32)c2ccccc2n4-c2cccc(-c3c4ccccc4cc4ccccc34)c2)cc1. The van der Waals surface area contributed by atoms with Gasteiger partial charge in [0.15, 0.2) is 0 Å². The second-order valence-corrected chi connectivity index (χ2v) is 11.0. The molecule has 0 saturated carbocycles. The van der Waals surface area contributed by atoms with Crippen LogP contribution in [0.4, 0.5) is 0 Å². The van der Waals surface area contributed by atoms with E-state index in [4.69, 9.17) is 0 Å². The zero-order valence-corrected chi connectivity index (χ0v) is 22.9. The van der Waals surface area contributed by atoms with Crippen LogP contribution < -0.4 is 0 Å². The molecular weight excluding hydrogens is 508 g/mol. The molecule has 0 aliphatic heterocycles. The summed E-state index contributed by atoms with van der Waals surface area (Å²) in [6, 6.07) is 55.1. The number of hydrogen-bond acceptors (Lipinski definition) is 0. The summed E-state index contributed by atoms with van der Waals surface area (Å²) in [5.74, 6) is 0. The van der Waals surface area contributed by atoms with E-state index in [9.17, 15) is 0 Å². The normalized spacial score (nSPS) is 11.8. The van der Waals surface area contributed by atoms with Gasteiger partial charge in [0.25, 0.3) is 0 Å². The number of hydrogen-bond donors (Lipinski definition) is 0. The van der Waals surface area contributed by atoms with Crippen molar-refractivity contribution in [3.05, 3.63) is 158 Å². The summed E-state index contributed by atoms with van der Waals surface area (Å²) in [6.07, 6.45) is 2.18. The zero-order valence-electron chi connectivity index (χ0n) is 22.9. The van der Waals surface area contributed by atoms with Crippen molar-refractivity contribution in [3.63, 3.8) is 0 Å². The fraction of sp³-hybridized carbons (Fsp3) is 0. The fourth-order valence-corrected chi connectivity index (χ4v) is 6.81. The van der Waals surface area contributed by atoms with Crippen molar-refractivity contribution in [2.45, 2.75) is 0 Å². The molecule has 0 atom stereocenters. The molecule has 0 amide bonds. The molecule has 2 heteroatoms. The minimum Gasteiger partial charge on any atom is -0.317 e. The van der Waals surface area contributed by atoms with Gasteiger partial charge in [-0.15, -0.1) is 0 Å². The predicted octanol–water partition coefficient (Wildman–Crippen LogP) is 10.7. The maximum Gasteiger partial charge on any atom is 0.0548 e. The monoisotopic (exact) mass is 534 g/mol. The van der Waals surface area contributed by atoms with Crippen LogP contribution in [0, 0.1) is 0 Å². The van der Waals surface area contributed by atoms with E-state index in [1.54, 1.807) is 0 Å². The van der Waals surface area contributed by atoms with Crippen molar-refractivity contribution in [1.29, 1.82) is 0 Å². The third kappa shape index (κ3) is 3.39. The summed E-state index contributed by atoms with van der Waals surface area (Å²) in [5.41, 5.74) is 8.49. The summed E-state index contributed by atoms with van der Waals surface area (Å²) in [4.78, 5) is 0. The third-order valence-corrected chi connectivity index (χ3v) is 8.68. The summed E-state index contributed by atoms with van der Waals surface area (Å²) in [5, 5.41) is 8.83. The molecule has 2 nitrogen and oxygen atoms in total. The van der Waals surface area contributed by atoms with Gasteiger partial charge in [-0.2, -0.15) is 0 Å². The highest BCUT2D eigenvalue weighted by molar-refractivity contribution is 6.15. The largest absolute Gasteiger partial charge is 0.317 e. The highest BCUT2D eigenvalue weighted by Crippen LogP contribution is 2.39. The summed E-state index contributed by atoms with van der Waals surface area (Å²) in [7, 11) is 0. The standard InChI is InChI=1S/C40H26N2/c1-2-14-31(15-3-1)41-22-21-29-25-39-36(26-38(29)41)35-19-8-9-20-37(35)42(39)32-16-10-13-30(24-32)40-33-17-6-4-11-27(33)23-28-12-5-7-18-34(28)40/h1-26H. The molecule has 0 aliphatic rings. The number of para-hydroxylation sites is 2. The minimum atomic E-state index is 1.16. The van der Waals surface area contributed by atoms with Crippen LogP contribution in [0.3, 0.4) is 0 Å². The number of benzene rings is 7. The average Bonchev–Trinajstić information content (AvgIpc) is 3.61. The molecule has 0 radical (unpaired) electrons. The van der Waals surface area contributed by atoms with Gasteiger partial charge in [0.2, 0.25) is 0 Å². The highest BCUT2D eigenvalue weighted by atomic mass is 15.0. The molecule has 0 N–H and O–H groups in total. The lowest BCUT2D eigenvalue weighted by Crippen LogP contribution is -1.95. The molecule has 42 heavy (non-hydrogen) atoms. The smallest absolute Gasteiger partial charge is 0.0548 e. The lowest BCUT2D eigenvalue weighted by molar-refractivity contribution is 1.13. The first-order chi connectivity index (χ1) is 20.8. The van der Waals surface area contributed by atoms with E-state index in [0.717, 1.165) is 5.69 Å².